The van der Waals surface area contributed by atoms with Crippen molar-refractivity contribution in [1.82, 2.24) is 19.2 Å². The Labute approximate surface area is 179 Å². The number of amides is 1. The van der Waals surface area contributed by atoms with Gasteiger partial charge in [-0.3, -0.25) is 14.2 Å². The first kappa shape index (κ1) is 20.6. The highest BCUT2D eigenvalue weighted by Crippen LogP contribution is 2.15. The zero-order valence-corrected chi connectivity index (χ0v) is 17.6. The molecule has 0 aliphatic carbocycles. The average molecular weight is 420 g/mol. The second kappa shape index (κ2) is 8.59. The number of ether oxygens (including phenoxy) is 1. The van der Waals surface area contributed by atoms with E-state index in [4.69, 9.17) is 4.74 Å². The molecule has 31 heavy (non-hydrogen) atoms. The Morgan fingerprint density at radius 2 is 1.81 bits per heavy atom. The summed E-state index contributed by atoms with van der Waals surface area (Å²) >= 11 is 0. The van der Waals surface area contributed by atoms with Crippen LogP contribution in [0.2, 0.25) is 0 Å². The number of benzene rings is 2. The van der Waals surface area contributed by atoms with Crippen LogP contribution in [0.3, 0.4) is 0 Å². The van der Waals surface area contributed by atoms with Gasteiger partial charge in [0.2, 0.25) is 5.69 Å². The molecule has 4 rings (SSSR count). The molecule has 0 bridgehead atoms. The van der Waals surface area contributed by atoms with Crippen molar-refractivity contribution in [1.29, 1.82) is 0 Å². The third-order valence-electron chi connectivity index (χ3n) is 5.38. The van der Waals surface area contributed by atoms with Crippen LogP contribution in [0.1, 0.15) is 34.5 Å². The van der Waals surface area contributed by atoms with Crippen LogP contribution in [-0.2, 0) is 6.54 Å². The molecular formula is C23H24N4O4. The molecule has 1 aliphatic rings. The predicted octanol–water partition coefficient (Wildman–Crippen LogP) is 2.00. The zero-order chi connectivity index (χ0) is 22.0. The van der Waals surface area contributed by atoms with Crippen molar-refractivity contribution in [2.45, 2.75) is 26.3 Å². The molecule has 8 nitrogen and oxygen atoms in total. The Hall–Kier alpha value is -3.68. The van der Waals surface area contributed by atoms with Crippen molar-refractivity contribution in [3.8, 4) is 11.4 Å². The van der Waals surface area contributed by atoms with Crippen LogP contribution >= 0.6 is 0 Å². The maximum Gasteiger partial charge on any atom is 0.352 e. The number of aromatic nitrogens is 3. The molecule has 8 heteroatoms. The van der Waals surface area contributed by atoms with Gasteiger partial charge in [-0.05, 0) is 37.5 Å². The van der Waals surface area contributed by atoms with Gasteiger partial charge in [-0.1, -0.05) is 35.9 Å². The van der Waals surface area contributed by atoms with Crippen LogP contribution < -0.4 is 16.0 Å². The van der Waals surface area contributed by atoms with Crippen LogP contribution in [0.25, 0.3) is 5.69 Å². The third-order valence-corrected chi connectivity index (χ3v) is 5.38. The SMILES string of the molecule is COc1cccc(-n2nc(C(=O)N3CCCC3)c(=O)n(Cc3cccc(C)c3)c2=O)c1. The lowest BCUT2D eigenvalue weighted by molar-refractivity contribution is 0.0781. The molecule has 3 aromatic rings. The topological polar surface area (TPSA) is 86.4 Å². The summed E-state index contributed by atoms with van der Waals surface area (Å²) in [5.41, 5.74) is 0.679. The summed E-state index contributed by atoms with van der Waals surface area (Å²) in [5, 5.41) is 4.21. The monoisotopic (exact) mass is 420 g/mol. The number of rotatable bonds is 5. The van der Waals surface area contributed by atoms with Gasteiger partial charge in [-0.25, -0.2) is 4.79 Å². The Kier molecular flexibility index (Phi) is 5.70. The predicted molar refractivity (Wildman–Crippen MR) is 116 cm³/mol. The van der Waals surface area contributed by atoms with Crippen molar-refractivity contribution in [3.63, 3.8) is 0 Å². The van der Waals surface area contributed by atoms with Crippen molar-refractivity contribution in [3.05, 3.63) is 86.2 Å². The Morgan fingerprint density at radius 3 is 2.52 bits per heavy atom. The van der Waals surface area contributed by atoms with E-state index in [9.17, 15) is 14.4 Å². The summed E-state index contributed by atoms with van der Waals surface area (Å²) in [6.45, 7) is 3.15. The number of hydrogen-bond donors (Lipinski definition) is 0. The van der Waals surface area contributed by atoms with E-state index < -0.39 is 17.2 Å². The summed E-state index contributed by atoms with van der Waals surface area (Å²) < 4.78 is 7.43. The second-order valence-corrected chi connectivity index (χ2v) is 7.62. The van der Waals surface area contributed by atoms with E-state index in [0.717, 1.165) is 33.2 Å². The van der Waals surface area contributed by atoms with Gasteiger partial charge < -0.3 is 9.64 Å². The highest BCUT2D eigenvalue weighted by Gasteiger charge is 2.26. The van der Waals surface area contributed by atoms with Gasteiger partial charge in [0.05, 0.1) is 19.3 Å². The summed E-state index contributed by atoms with van der Waals surface area (Å²) in [6, 6.07) is 14.3. The maximum atomic E-state index is 13.3. The molecule has 0 spiro atoms. The van der Waals surface area contributed by atoms with Gasteiger partial charge in [-0.15, -0.1) is 0 Å². The van der Waals surface area contributed by atoms with Crippen molar-refractivity contribution in [2.24, 2.45) is 0 Å². The highest BCUT2D eigenvalue weighted by atomic mass is 16.5. The molecule has 0 N–H and O–H groups in total. The normalized spacial score (nSPS) is 13.4. The summed E-state index contributed by atoms with van der Waals surface area (Å²) in [7, 11) is 1.52. The Bertz CT molecular complexity index is 1240. The fourth-order valence-corrected chi connectivity index (χ4v) is 3.76. The molecule has 0 atom stereocenters. The van der Waals surface area contributed by atoms with Gasteiger partial charge in [0.15, 0.2) is 0 Å². The van der Waals surface area contributed by atoms with E-state index >= 15 is 0 Å². The molecule has 0 saturated carbocycles. The van der Waals surface area contributed by atoms with Crippen molar-refractivity contribution < 1.29 is 9.53 Å². The second-order valence-electron chi connectivity index (χ2n) is 7.62. The minimum absolute atomic E-state index is 0.0477. The molecule has 1 saturated heterocycles. The quantitative estimate of drug-likeness (QED) is 0.630. The number of nitrogens with zero attached hydrogens (tertiary/aromatic N) is 4. The Morgan fingerprint density at radius 1 is 1.06 bits per heavy atom. The summed E-state index contributed by atoms with van der Waals surface area (Å²) in [5.74, 6) is 0.0900. The Balaban J connectivity index is 1.89. The van der Waals surface area contributed by atoms with E-state index in [1.54, 1.807) is 29.2 Å². The van der Waals surface area contributed by atoms with E-state index in [-0.39, 0.29) is 12.2 Å². The van der Waals surface area contributed by atoms with Gasteiger partial charge in [0.25, 0.3) is 11.5 Å². The molecule has 160 valence electrons. The number of aryl methyl sites for hydroxylation is 1. The number of hydrogen-bond acceptors (Lipinski definition) is 5. The fourth-order valence-electron chi connectivity index (χ4n) is 3.76. The fraction of sp³-hybridized carbons (Fsp3) is 0.304. The van der Waals surface area contributed by atoms with E-state index in [1.165, 1.54) is 7.11 Å². The molecular weight excluding hydrogens is 396 g/mol. The highest BCUT2D eigenvalue weighted by molar-refractivity contribution is 5.92. The molecule has 1 fully saturated rings. The molecule has 1 aromatic heterocycles. The van der Waals surface area contributed by atoms with Crippen LogP contribution in [0.5, 0.6) is 5.75 Å². The lowest BCUT2D eigenvalue weighted by Crippen LogP contribution is -2.46. The van der Waals surface area contributed by atoms with Gasteiger partial charge >= 0.3 is 5.69 Å². The first-order valence-electron chi connectivity index (χ1n) is 10.2. The lowest BCUT2D eigenvalue weighted by atomic mass is 10.1. The van der Waals surface area contributed by atoms with Crippen molar-refractivity contribution in [2.75, 3.05) is 20.2 Å². The first-order valence-corrected chi connectivity index (χ1v) is 10.2. The number of carbonyl (C=O) groups is 1. The zero-order valence-electron chi connectivity index (χ0n) is 17.6. The van der Waals surface area contributed by atoms with E-state index in [0.29, 0.717) is 24.5 Å². The van der Waals surface area contributed by atoms with Gasteiger partial charge in [0, 0.05) is 19.2 Å². The van der Waals surface area contributed by atoms with E-state index in [2.05, 4.69) is 5.10 Å². The van der Waals surface area contributed by atoms with Gasteiger partial charge in [0.1, 0.15) is 5.75 Å². The first-order chi connectivity index (χ1) is 15.0. The van der Waals surface area contributed by atoms with Crippen LogP contribution in [0, 0.1) is 6.92 Å². The van der Waals surface area contributed by atoms with Crippen molar-refractivity contribution >= 4 is 5.91 Å². The van der Waals surface area contributed by atoms with Crippen LogP contribution in [-0.4, -0.2) is 45.4 Å². The molecule has 0 radical (unpaired) electrons. The van der Waals surface area contributed by atoms with Crippen LogP contribution in [0.4, 0.5) is 0 Å². The smallest absolute Gasteiger partial charge is 0.352 e. The number of carbonyl (C=O) groups excluding carboxylic acids is 1. The minimum atomic E-state index is -0.678. The molecule has 1 amide bonds. The van der Waals surface area contributed by atoms with Gasteiger partial charge in [-0.2, -0.15) is 9.78 Å². The average Bonchev–Trinajstić information content (AvgIpc) is 3.31. The summed E-state index contributed by atoms with van der Waals surface area (Å²) in [6.07, 6.45) is 1.78. The minimum Gasteiger partial charge on any atom is -0.497 e. The number of likely N-dealkylation sites (tertiary alicyclic amines) is 1. The molecule has 1 aliphatic heterocycles. The van der Waals surface area contributed by atoms with Crippen LogP contribution in [0.15, 0.2) is 58.1 Å². The van der Waals surface area contributed by atoms with E-state index in [1.807, 2.05) is 31.2 Å². The summed E-state index contributed by atoms with van der Waals surface area (Å²) in [4.78, 5) is 41.1. The standard InChI is InChI=1S/C23H24N4O4/c1-16-7-5-8-17(13-16)15-26-22(29)20(21(28)25-11-3-4-12-25)24-27(23(26)30)18-9-6-10-19(14-18)31-2/h5-10,13-14H,3-4,11-12,15H2,1-2H3. The molecule has 2 aromatic carbocycles. The lowest BCUT2D eigenvalue weighted by Gasteiger charge is -2.17. The number of methoxy groups -OCH3 is 1. The molecule has 2 heterocycles. The third kappa shape index (κ3) is 4.14. The maximum absolute atomic E-state index is 13.3. The largest absolute Gasteiger partial charge is 0.497 e. The molecule has 0 unspecified atom stereocenters.